The molecule has 0 radical (unpaired) electrons. The van der Waals surface area contributed by atoms with Gasteiger partial charge in [-0.25, -0.2) is 9.97 Å². The molecule has 4 heteroatoms. The summed E-state index contributed by atoms with van der Waals surface area (Å²) in [6, 6.07) is 2.01. The number of hydrogen-bond acceptors (Lipinski definition) is 4. The molecular weight excluding hydrogens is 224 g/mol. The zero-order chi connectivity index (χ0) is 13.2. The van der Waals surface area contributed by atoms with Crippen molar-refractivity contribution in [3.8, 4) is 0 Å². The standard InChI is InChI=1S/C14H24N4/c1-5-8-15-12-9-13(17-10(2)16-12)18-14(3,4)11-6-7-11/h9,11H,5-8H2,1-4H3,(H2,15,16,17,18). The summed E-state index contributed by atoms with van der Waals surface area (Å²) in [6.45, 7) is 9.53. The molecule has 1 saturated carbocycles. The van der Waals surface area contributed by atoms with Crippen molar-refractivity contribution in [3.05, 3.63) is 11.9 Å². The molecule has 0 unspecified atom stereocenters. The van der Waals surface area contributed by atoms with Crippen molar-refractivity contribution in [2.24, 2.45) is 5.92 Å². The largest absolute Gasteiger partial charge is 0.370 e. The molecule has 1 aromatic rings. The van der Waals surface area contributed by atoms with E-state index in [4.69, 9.17) is 0 Å². The molecular formula is C14H24N4. The first-order valence-corrected chi connectivity index (χ1v) is 6.89. The fourth-order valence-corrected chi connectivity index (χ4v) is 2.21. The Bertz CT molecular complexity index is 410. The lowest BCUT2D eigenvalue weighted by molar-refractivity contribution is 0.492. The van der Waals surface area contributed by atoms with E-state index in [-0.39, 0.29) is 5.54 Å². The number of rotatable bonds is 6. The van der Waals surface area contributed by atoms with Crippen LogP contribution in [0.2, 0.25) is 0 Å². The smallest absolute Gasteiger partial charge is 0.132 e. The van der Waals surface area contributed by atoms with Crippen molar-refractivity contribution >= 4 is 11.6 Å². The third-order valence-electron chi connectivity index (χ3n) is 3.44. The van der Waals surface area contributed by atoms with Crippen LogP contribution in [0.4, 0.5) is 11.6 Å². The van der Waals surface area contributed by atoms with Gasteiger partial charge in [-0.3, -0.25) is 0 Å². The number of aromatic nitrogens is 2. The minimum atomic E-state index is 0.128. The highest BCUT2D eigenvalue weighted by molar-refractivity contribution is 5.49. The average molecular weight is 248 g/mol. The van der Waals surface area contributed by atoms with Crippen LogP contribution in [0.5, 0.6) is 0 Å². The highest BCUT2D eigenvalue weighted by Gasteiger charge is 2.37. The van der Waals surface area contributed by atoms with Crippen molar-refractivity contribution in [1.82, 2.24) is 9.97 Å². The van der Waals surface area contributed by atoms with Crippen LogP contribution in [0.25, 0.3) is 0 Å². The molecule has 0 bridgehead atoms. The highest BCUT2D eigenvalue weighted by atomic mass is 15.1. The maximum absolute atomic E-state index is 4.48. The van der Waals surface area contributed by atoms with Crippen LogP contribution in [0.3, 0.4) is 0 Å². The summed E-state index contributed by atoms with van der Waals surface area (Å²) >= 11 is 0. The van der Waals surface area contributed by atoms with Crippen LogP contribution >= 0.6 is 0 Å². The summed E-state index contributed by atoms with van der Waals surface area (Å²) in [5.41, 5.74) is 0.128. The Morgan fingerprint density at radius 1 is 1.28 bits per heavy atom. The normalized spacial score (nSPS) is 15.6. The van der Waals surface area contributed by atoms with Crippen molar-refractivity contribution in [3.63, 3.8) is 0 Å². The molecule has 18 heavy (non-hydrogen) atoms. The SMILES string of the molecule is CCCNc1cc(NC(C)(C)C2CC2)nc(C)n1. The maximum Gasteiger partial charge on any atom is 0.132 e. The molecule has 0 aliphatic heterocycles. The molecule has 2 N–H and O–H groups in total. The first kappa shape index (κ1) is 13.1. The third kappa shape index (κ3) is 3.34. The Balaban J connectivity index is 2.09. The molecule has 0 amide bonds. The van der Waals surface area contributed by atoms with Gasteiger partial charge in [0.1, 0.15) is 17.5 Å². The zero-order valence-electron chi connectivity index (χ0n) is 11.9. The highest BCUT2D eigenvalue weighted by Crippen LogP contribution is 2.40. The molecule has 0 aromatic carbocycles. The quantitative estimate of drug-likeness (QED) is 0.811. The van der Waals surface area contributed by atoms with Crippen molar-refractivity contribution < 1.29 is 0 Å². The Labute approximate surface area is 110 Å². The van der Waals surface area contributed by atoms with E-state index in [1.54, 1.807) is 0 Å². The van der Waals surface area contributed by atoms with Gasteiger partial charge in [-0.1, -0.05) is 6.92 Å². The average Bonchev–Trinajstić information content (AvgIpc) is 3.08. The molecule has 1 heterocycles. The lowest BCUT2D eigenvalue weighted by Crippen LogP contribution is -2.33. The third-order valence-corrected chi connectivity index (χ3v) is 3.44. The molecule has 0 spiro atoms. The van der Waals surface area contributed by atoms with Crippen LogP contribution in [0.15, 0.2) is 6.07 Å². The molecule has 1 aliphatic carbocycles. The molecule has 0 atom stereocenters. The zero-order valence-corrected chi connectivity index (χ0v) is 11.9. The molecule has 1 aliphatic rings. The lowest BCUT2D eigenvalue weighted by Gasteiger charge is -2.27. The van der Waals surface area contributed by atoms with Crippen LogP contribution in [-0.4, -0.2) is 22.1 Å². The number of nitrogens with one attached hydrogen (secondary N) is 2. The van der Waals surface area contributed by atoms with E-state index in [9.17, 15) is 0 Å². The van der Waals surface area contributed by atoms with E-state index in [1.807, 2.05) is 13.0 Å². The molecule has 1 fully saturated rings. The Hall–Kier alpha value is -1.32. The van der Waals surface area contributed by atoms with Crippen molar-refractivity contribution in [1.29, 1.82) is 0 Å². The predicted molar refractivity (Wildman–Crippen MR) is 76.0 cm³/mol. The second-order valence-corrected chi connectivity index (χ2v) is 5.73. The van der Waals surface area contributed by atoms with Crippen molar-refractivity contribution in [2.75, 3.05) is 17.2 Å². The van der Waals surface area contributed by atoms with E-state index in [0.29, 0.717) is 0 Å². The monoisotopic (exact) mass is 248 g/mol. The van der Waals surface area contributed by atoms with Gasteiger partial charge in [-0.2, -0.15) is 0 Å². The number of aryl methyl sites for hydroxylation is 1. The van der Waals surface area contributed by atoms with Gasteiger partial charge in [0.25, 0.3) is 0 Å². The van der Waals surface area contributed by atoms with Crippen LogP contribution in [-0.2, 0) is 0 Å². The van der Waals surface area contributed by atoms with Gasteiger partial charge in [-0.05, 0) is 46.0 Å². The minimum absolute atomic E-state index is 0.128. The van der Waals surface area contributed by atoms with Gasteiger partial charge in [-0.15, -0.1) is 0 Å². The first-order chi connectivity index (χ1) is 8.51. The summed E-state index contributed by atoms with van der Waals surface area (Å²) in [4.78, 5) is 8.87. The summed E-state index contributed by atoms with van der Waals surface area (Å²) in [5.74, 6) is 3.43. The summed E-state index contributed by atoms with van der Waals surface area (Å²) in [6.07, 6.45) is 3.75. The van der Waals surface area contributed by atoms with Gasteiger partial charge in [0.15, 0.2) is 0 Å². The first-order valence-electron chi connectivity index (χ1n) is 6.89. The Kier molecular flexibility index (Phi) is 3.73. The van der Waals surface area contributed by atoms with E-state index in [1.165, 1.54) is 12.8 Å². The van der Waals surface area contributed by atoms with Crippen LogP contribution in [0.1, 0.15) is 45.9 Å². The van der Waals surface area contributed by atoms with Gasteiger partial charge in [0, 0.05) is 18.2 Å². The fourth-order valence-electron chi connectivity index (χ4n) is 2.21. The lowest BCUT2D eigenvalue weighted by atomic mass is 9.99. The van der Waals surface area contributed by atoms with Gasteiger partial charge >= 0.3 is 0 Å². The van der Waals surface area contributed by atoms with Crippen LogP contribution < -0.4 is 10.6 Å². The van der Waals surface area contributed by atoms with Gasteiger partial charge < -0.3 is 10.6 Å². The van der Waals surface area contributed by atoms with E-state index in [2.05, 4.69) is 41.4 Å². The summed E-state index contributed by atoms with van der Waals surface area (Å²) in [5, 5.41) is 6.86. The predicted octanol–water partition coefficient (Wildman–Crippen LogP) is 3.21. The Morgan fingerprint density at radius 3 is 2.56 bits per heavy atom. The number of hydrogen-bond donors (Lipinski definition) is 2. The molecule has 2 rings (SSSR count). The molecule has 0 saturated heterocycles. The molecule has 100 valence electrons. The molecule has 1 aromatic heterocycles. The fraction of sp³-hybridized carbons (Fsp3) is 0.714. The number of nitrogens with zero attached hydrogens (tertiary/aromatic N) is 2. The van der Waals surface area contributed by atoms with Gasteiger partial charge in [0.2, 0.25) is 0 Å². The number of anilines is 2. The second kappa shape index (κ2) is 5.12. The van der Waals surface area contributed by atoms with E-state index in [0.717, 1.165) is 36.3 Å². The van der Waals surface area contributed by atoms with E-state index >= 15 is 0 Å². The summed E-state index contributed by atoms with van der Waals surface area (Å²) in [7, 11) is 0. The van der Waals surface area contributed by atoms with Crippen LogP contribution in [0, 0.1) is 12.8 Å². The Morgan fingerprint density at radius 2 is 1.94 bits per heavy atom. The second-order valence-electron chi connectivity index (χ2n) is 5.73. The topological polar surface area (TPSA) is 49.8 Å². The van der Waals surface area contributed by atoms with E-state index < -0.39 is 0 Å². The maximum atomic E-state index is 4.48. The van der Waals surface area contributed by atoms with Crippen molar-refractivity contribution in [2.45, 2.75) is 52.5 Å². The van der Waals surface area contributed by atoms with Gasteiger partial charge in [0.05, 0.1) is 0 Å². The molecule has 4 nitrogen and oxygen atoms in total. The summed E-state index contributed by atoms with van der Waals surface area (Å²) < 4.78 is 0. The minimum Gasteiger partial charge on any atom is -0.370 e.